The number of halogens is 1. The molecule has 0 fully saturated rings. The Morgan fingerprint density at radius 3 is 2.92 bits per heavy atom. The Morgan fingerprint density at radius 2 is 2.42 bits per heavy atom. The molecule has 1 aromatic heterocycles. The van der Waals surface area contributed by atoms with Crippen molar-refractivity contribution in [1.29, 1.82) is 0 Å². The third-order valence-electron chi connectivity index (χ3n) is 1.22. The van der Waals surface area contributed by atoms with E-state index in [0.29, 0.717) is 10.4 Å². The first-order valence-electron chi connectivity index (χ1n) is 2.99. The van der Waals surface area contributed by atoms with Crippen LogP contribution in [-0.4, -0.2) is 17.0 Å². The van der Waals surface area contributed by atoms with Crippen molar-refractivity contribution in [3.8, 4) is 5.75 Å². The summed E-state index contributed by atoms with van der Waals surface area (Å²) in [6, 6.07) is 1.30. The van der Waals surface area contributed by atoms with Crippen molar-refractivity contribution in [2.75, 3.05) is 7.11 Å². The topological polar surface area (TPSA) is 65.3 Å². The number of hydrogen-bond donors (Lipinski definition) is 0. The van der Waals surface area contributed by atoms with Gasteiger partial charge in [0.2, 0.25) is 0 Å². The van der Waals surface area contributed by atoms with E-state index in [4.69, 9.17) is 4.74 Å². The zero-order valence-corrected chi connectivity index (χ0v) is 7.74. The van der Waals surface area contributed by atoms with Gasteiger partial charge in [0.25, 0.3) is 5.69 Å². The van der Waals surface area contributed by atoms with Crippen LogP contribution < -0.4 is 4.74 Å². The van der Waals surface area contributed by atoms with Gasteiger partial charge in [-0.15, -0.1) is 0 Å². The number of aromatic nitrogens is 1. The molecule has 6 heteroatoms. The molecule has 0 N–H and O–H groups in total. The standard InChI is InChI=1S/C6H5BrN2O3/c1-12-5-2-4(9(10)11)3-8-6(5)7/h2-3H,1H3. The van der Waals surface area contributed by atoms with Crippen molar-refractivity contribution in [2.24, 2.45) is 0 Å². The summed E-state index contributed by atoms with van der Waals surface area (Å²) in [5.74, 6) is 0.351. The molecule has 1 rings (SSSR count). The Balaban J connectivity index is 3.13. The molecule has 0 unspecified atom stereocenters. The molecule has 12 heavy (non-hydrogen) atoms. The third kappa shape index (κ3) is 1.70. The molecule has 0 aliphatic rings. The van der Waals surface area contributed by atoms with Crippen molar-refractivity contribution in [1.82, 2.24) is 4.98 Å². The van der Waals surface area contributed by atoms with Crippen LogP contribution in [0.3, 0.4) is 0 Å². The molecule has 5 nitrogen and oxygen atoms in total. The van der Waals surface area contributed by atoms with Gasteiger partial charge in [0.05, 0.1) is 18.1 Å². The lowest BCUT2D eigenvalue weighted by molar-refractivity contribution is -0.385. The molecule has 0 bridgehead atoms. The predicted octanol–water partition coefficient (Wildman–Crippen LogP) is 1.76. The van der Waals surface area contributed by atoms with E-state index in [9.17, 15) is 10.1 Å². The minimum absolute atomic E-state index is 0.0879. The Hall–Kier alpha value is -1.17. The summed E-state index contributed by atoms with van der Waals surface area (Å²) in [5.41, 5.74) is -0.0879. The molecule has 0 aliphatic carbocycles. The molecular weight excluding hydrogens is 228 g/mol. The molecule has 1 aromatic rings. The highest BCUT2D eigenvalue weighted by atomic mass is 79.9. The lowest BCUT2D eigenvalue weighted by Crippen LogP contribution is -1.92. The summed E-state index contributed by atoms with van der Waals surface area (Å²) < 4.78 is 5.28. The lowest BCUT2D eigenvalue weighted by atomic mass is 10.4. The van der Waals surface area contributed by atoms with Crippen LogP contribution >= 0.6 is 15.9 Å². The van der Waals surface area contributed by atoms with E-state index in [0.717, 1.165) is 6.20 Å². The van der Waals surface area contributed by atoms with Crippen LogP contribution in [0, 0.1) is 10.1 Å². The van der Waals surface area contributed by atoms with Crippen molar-refractivity contribution in [3.05, 3.63) is 27.0 Å². The van der Waals surface area contributed by atoms with Crippen LogP contribution in [0.5, 0.6) is 5.75 Å². The maximum atomic E-state index is 10.3. The Labute approximate surface area is 76.7 Å². The number of pyridine rings is 1. The van der Waals surface area contributed by atoms with E-state index in [2.05, 4.69) is 20.9 Å². The second-order valence-corrected chi connectivity index (χ2v) is 2.69. The number of nitro groups is 1. The molecule has 0 amide bonds. The van der Waals surface area contributed by atoms with Crippen molar-refractivity contribution >= 4 is 21.6 Å². The third-order valence-corrected chi connectivity index (χ3v) is 1.82. The van der Waals surface area contributed by atoms with Crippen molar-refractivity contribution in [3.63, 3.8) is 0 Å². The number of ether oxygens (including phenoxy) is 1. The highest BCUT2D eigenvalue weighted by molar-refractivity contribution is 9.10. The smallest absolute Gasteiger partial charge is 0.291 e. The van der Waals surface area contributed by atoms with Gasteiger partial charge in [-0.05, 0) is 15.9 Å². The van der Waals surface area contributed by atoms with E-state index in [1.54, 1.807) is 0 Å². The second kappa shape index (κ2) is 3.48. The minimum Gasteiger partial charge on any atom is -0.494 e. The quantitative estimate of drug-likeness (QED) is 0.443. The fourth-order valence-electron chi connectivity index (χ4n) is 0.661. The summed E-state index contributed by atoms with van der Waals surface area (Å²) in [4.78, 5) is 13.5. The molecule has 64 valence electrons. The van der Waals surface area contributed by atoms with Gasteiger partial charge in [-0.1, -0.05) is 0 Å². The van der Waals surface area contributed by atoms with Crippen LogP contribution in [0.4, 0.5) is 5.69 Å². The minimum atomic E-state index is -0.526. The monoisotopic (exact) mass is 232 g/mol. The maximum absolute atomic E-state index is 10.3. The molecule has 0 atom stereocenters. The number of hydrogen-bond acceptors (Lipinski definition) is 4. The van der Waals surface area contributed by atoms with Gasteiger partial charge in [-0.25, -0.2) is 4.98 Å². The van der Waals surface area contributed by atoms with Gasteiger partial charge >= 0.3 is 0 Å². The Morgan fingerprint density at radius 1 is 1.75 bits per heavy atom. The average molecular weight is 233 g/mol. The summed E-state index contributed by atoms with van der Waals surface area (Å²) in [6.07, 6.45) is 1.16. The molecule has 0 saturated heterocycles. The molecule has 0 spiro atoms. The molecule has 0 saturated carbocycles. The summed E-state index contributed by atoms with van der Waals surface area (Å²) in [6.45, 7) is 0. The second-order valence-electron chi connectivity index (χ2n) is 1.94. The first-order chi connectivity index (χ1) is 5.65. The van der Waals surface area contributed by atoms with Crippen molar-refractivity contribution in [2.45, 2.75) is 0 Å². The van der Waals surface area contributed by atoms with Crippen LogP contribution in [0.15, 0.2) is 16.9 Å². The average Bonchev–Trinajstić information content (AvgIpc) is 2.05. The van der Waals surface area contributed by atoms with E-state index in [1.165, 1.54) is 13.2 Å². The van der Waals surface area contributed by atoms with Gasteiger partial charge in [-0.3, -0.25) is 10.1 Å². The normalized spacial score (nSPS) is 9.50. The Bertz CT molecular complexity index is 316. The van der Waals surface area contributed by atoms with Crippen molar-refractivity contribution < 1.29 is 9.66 Å². The molecule has 1 heterocycles. The molecular formula is C6H5BrN2O3. The fourth-order valence-corrected chi connectivity index (χ4v) is 1.04. The van der Waals surface area contributed by atoms with Gasteiger partial charge in [0.15, 0.2) is 5.75 Å². The largest absolute Gasteiger partial charge is 0.494 e. The SMILES string of the molecule is COc1cc([N+](=O)[O-])cnc1Br. The zero-order chi connectivity index (χ0) is 9.14. The lowest BCUT2D eigenvalue weighted by Gasteiger charge is -1.99. The first kappa shape index (κ1) is 8.92. The number of rotatable bonds is 2. The van der Waals surface area contributed by atoms with Crippen LogP contribution in [0.2, 0.25) is 0 Å². The van der Waals surface area contributed by atoms with E-state index in [1.807, 2.05) is 0 Å². The fraction of sp³-hybridized carbons (Fsp3) is 0.167. The first-order valence-corrected chi connectivity index (χ1v) is 3.78. The van der Waals surface area contributed by atoms with E-state index >= 15 is 0 Å². The van der Waals surface area contributed by atoms with E-state index in [-0.39, 0.29) is 5.69 Å². The summed E-state index contributed by atoms with van der Waals surface area (Å²) in [7, 11) is 1.42. The van der Waals surface area contributed by atoms with Gasteiger partial charge < -0.3 is 4.74 Å². The van der Waals surface area contributed by atoms with Gasteiger partial charge in [0, 0.05) is 0 Å². The van der Waals surface area contributed by atoms with Crippen LogP contribution in [0.25, 0.3) is 0 Å². The highest BCUT2D eigenvalue weighted by Crippen LogP contribution is 2.25. The number of methoxy groups -OCH3 is 1. The molecule has 0 radical (unpaired) electrons. The molecule has 0 aromatic carbocycles. The molecule has 0 aliphatic heterocycles. The highest BCUT2D eigenvalue weighted by Gasteiger charge is 2.10. The predicted molar refractivity (Wildman–Crippen MR) is 45.1 cm³/mol. The van der Waals surface area contributed by atoms with Crippen LogP contribution in [0.1, 0.15) is 0 Å². The summed E-state index contributed by atoms with van der Waals surface area (Å²) >= 11 is 3.08. The zero-order valence-electron chi connectivity index (χ0n) is 6.15. The van der Waals surface area contributed by atoms with E-state index < -0.39 is 4.92 Å². The maximum Gasteiger partial charge on any atom is 0.291 e. The summed E-state index contributed by atoms with van der Waals surface area (Å²) in [5, 5.41) is 10.3. The number of nitrogens with zero attached hydrogens (tertiary/aromatic N) is 2. The Kier molecular flexibility index (Phi) is 2.59. The van der Waals surface area contributed by atoms with Gasteiger partial charge in [0.1, 0.15) is 10.8 Å². The van der Waals surface area contributed by atoms with Crippen LogP contribution in [-0.2, 0) is 0 Å². The van der Waals surface area contributed by atoms with Gasteiger partial charge in [-0.2, -0.15) is 0 Å².